The minimum atomic E-state index is -0.0132. The molecule has 0 aliphatic rings. The largest absolute Gasteiger partial charge is 0.351 e. The molecule has 3 nitrogen and oxygen atoms in total. The van der Waals surface area contributed by atoms with E-state index in [1.54, 1.807) is 0 Å². The third-order valence-corrected chi connectivity index (χ3v) is 3.27. The van der Waals surface area contributed by atoms with E-state index in [-0.39, 0.29) is 5.91 Å². The highest BCUT2D eigenvalue weighted by molar-refractivity contribution is 5.97. The van der Waals surface area contributed by atoms with E-state index in [2.05, 4.69) is 24.1 Å². The third-order valence-electron chi connectivity index (χ3n) is 3.27. The summed E-state index contributed by atoms with van der Waals surface area (Å²) in [5, 5.41) is 4.04. The van der Waals surface area contributed by atoms with Crippen molar-refractivity contribution in [2.24, 2.45) is 5.92 Å². The Kier molecular flexibility index (Phi) is 4.61. The molecule has 0 aliphatic carbocycles. The zero-order valence-corrected chi connectivity index (χ0v) is 11.7. The van der Waals surface area contributed by atoms with Crippen LogP contribution < -0.4 is 5.32 Å². The number of unbranched alkanes of at least 4 members (excludes halogenated alkanes) is 1. The Morgan fingerprint density at radius 2 is 2.05 bits per heavy atom. The van der Waals surface area contributed by atoms with Crippen molar-refractivity contribution in [1.82, 2.24) is 10.3 Å². The summed E-state index contributed by atoms with van der Waals surface area (Å²) >= 11 is 0. The number of H-pyrrole nitrogens is 1. The van der Waals surface area contributed by atoms with Crippen molar-refractivity contribution in [2.75, 3.05) is 6.54 Å². The van der Waals surface area contributed by atoms with Crippen LogP contribution in [0, 0.1) is 5.92 Å². The molecule has 2 N–H and O–H groups in total. The Morgan fingerprint density at radius 1 is 1.26 bits per heavy atom. The van der Waals surface area contributed by atoms with Crippen LogP contribution in [-0.2, 0) is 0 Å². The summed E-state index contributed by atoms with van der Waals surface area (Å²) in [6.45, 7) is 5.20. The lowest BCUT2D eigenvalue weighted by Gasteiger charge is -2.05. The number of hydrogen-bond acceptors (Lipinski definition) is 1. The normalized spacial score (nSPS) is 11.1. The number of rotatable bonds is 6. The zero-order chi connectivity index (χ0) is 13.7. The number of nitrogens with one attached hydrogen (secondary N) is 2. The van der Waals surface area contributed by atoms with Gasteiger partial charge in [0.2, 0.25) is 0 Å². The van der Waals surface area contributed by atoms with Crippen molar-refractivity contribution >= 4 is 16.8 Å². The fraction of sp³-hybridized carbons (Fsp3) is 0.438. The Balaban J connectivity index is 1.83. The molecule has 0 aliphatic heterocycles. The number of carbonyl (C=O) groups excluding carboxylic acids is 1. The van der Waals surface area contributed by atoms with Crippen LogP contribution in [0.5, 0.6) is 0 Å². The van der Waals surface area contributed by atoms with Gasteiger partial charge in [-0.1, -0.05) is 44.9 Å². The molecule has 0 radical (unpaired) electrons. The maximum Gasteiger partial charge on any atom is 0.267 e. The van der Waals surface area contributed by atoms with Crippen molar-refractivity contribution in [1.29, 1.82) is 0 Å². The van der Waals surface area contributed by atoms with Gasteiger partial charge in [0.1, 0.15) is 5.69 Å². The molecule has 2 rings (SSSR count). The van der Waals surface area contributed by atoms with E-state index in [4.69, 9.17) is 0 Å². The summed E-state index contributed by atoms with van der Waals surface area (Å²) in [5.41, 5.74) is 1.65. The molecule has 1 amide bonds. The fourth-order valence-corrected chi connectivity index (χ4v) is 2.17. The fourth-order valence-electron chi connectivity index (χ4n) is 2.17. The summed E-state index contributed by atoms with van der Waals surface area (Å²) in [4.78, 5) is 15.1. The Labute approximate surface area is 114 Å². The van der Waals surface area contributed by atoms with Crippen LogP contribution in [0.15, 0.2) is 30.3 Å². The van der Waals surface area contributed by atoms with Crippen LogP contribution >= 0.6 is 0 Å². The molecule has 3 heteroatoms. The molecule has 19 heavy (non-hydrogen) atoms. The van der Waals surface area contributed by atoms with Gasteiger partial charge >= 0.3 is 0 Å². The van der Waals surface area contributed by atoms with Gasteiger partial charge in [0.05, 0.1) is 0 Å². The molecule has 102 valence electrons. The van der Waals surface area contributed by atoms with Crippen molar-refractivity contribution in [3.8, 4) is 0 Å². The maximum absolute atomic E-state index is 12.0. The molecule has 0 spiro atoms. The van der Waals surface area contributed by atoms with E-state index in [1.165, 1.54) is 12.8 Å². The Morgan fingerprint density at radius 3 is 2.79 bits per heavy atom. The molecule has 0 atom stereocenters. The van der Waals surface area contributed by atoms with Gasteiger partial charge in [0, 0.05) is 17.4 Å². The van der Waals surface area contributed by atoms with Gasteiger partial charge in [-0.25, -0.2) is 0 Å². The van der Waals surface area contributed by atoms with E-state index in [0.717, 1.165) is 29.8 Å². The number of carbonyl (C=O) groups is 1. The first-order valence-corrected chi connectivity index (χ1v) is 7.03. The molecule has 1 heterocycles. The first-order chi connectivity index (χ1) is 9.16. The van der Waals surface area contributed by atoms with Crippen LogP contribution in [0.1, 0.15) is 43.6 Å². The number of aromatic amines is 1. The molecule has 0 unspecified atom stereocenters. The molecule has 0 fully saturated rings. The Hall–Kier alpha value is -1.77. The SMILES string of the molecule is CC(C)CCCCNC(=O)c1cc2ccccc2[nH]1. The molecular weight excluding hydrogens is 236 g/mol. The summed E-state index contributed by atoms with van der Waals surface area (Å²) < 4.78 is 0. The van der Waals surface area contributed by atoms with E-state index < -0.39 is 0 Å². The average molecular weight is 258 g/mol. The smallest absolute Gasteiger partial charge is 0.267 e. The van der Waals surface area contributed by atoms with E-state index in [0.29, 0.717) is 5.69 Å². The maximum atomic E-state index is 12.0. The van der Waals surface area contributed by atoms with E-state index in [9.17, 15) is 4.79 Å². The van der Waals surface area contributed by atoms with Crippen LogP contribution in [0.3, 0.4) is 0 Å². The number of amides is 1. The molecular formula is C16H22N2O. The Bertz CT molecular complexity index is 509. The summed E-state index contributed by atoms with van der Waals surface area (Å²) in [6, 6.07) is 9.83. The zero-order valence-electron chi connectivity index (χ0n) is 11.7. The monoisotopic (exact) mass is 258 g/mol. The van der Waals surface area contributed by atoms with Gasteiger partial charge in [-0.15, -0.1) is 0 Å². The second-order valence-electron chi connectivity index (χ2n) is 5.42. The number of para-hydroxylation sites is 1. The van der Waals surface area contributed by atoms with Gasteiger partial charge in [-0.05, 0) is 24.5 Å². The average Bonchev–Trinajstić information content (AvgIpc) is 2.81. The molecule has 0 bridgehead atoms. The summed E-state index contributed by atoms with van der Waals surface area (Å²) in [7, 11) is 0. The standard InChI is InChI=1S/C16H22N2O/c1-12(2)7-5-6-10-17-16(19)15-11-13-8-3-4-9-14(13)18-15/h3-4,8-9,11-12,18H,5-7,10H2,1-2H3,(H,17,19). The molecule has 2 aromatic rings. The summed E-state index contributed by atoms with van der Waals surface area (Å²) in [6.07, 6.45) is 3.44. The molecule has 1 aromatic carbocycles. The highest BCUT2D eigenvalue weighted by Crippen LogP contribution is 2.14. The van der Waals surface area contributed by atoms with Crippen LogP contribution in [0.4, 0.5) is 0 Å². The number of aromatic nitrogens is 1. The molecule has 0 saturated carbocycles. The van der Waals surface area contributed by atoms with Crippen LogP contribution in [0.25, 0.3) is 10.9 Å². The van der Waals surface area contributed by atoms with Gasteiger partial charge < -0.3 is 10.3 Å². The van der Waals surface area contributed by atoms with Gasteiger partial charge in [-0.3, -0.25) is 4.79 Å². The lowest BCUT2D eigenvalue weighted by molar-refractivity contribution is 0.0948. The lowest BCUT2D eigenvalue weighted by atomic mass is 10.1. The first kappa shape index (κ1) is 13.7. The van der Waals surface area contributed by atoms with Gasteiger partial charge in [0.15, 0.2) is 0 Å². The second kappa shape index (κ2) is 6.41. The van der Waals surface area contributed by atoms with E-state index >= 15 is 0 Å². The minimum absolute atomic E-state index is 0.0132. The predicted octanol–water partition coefficient (Wildman–Crippen LogP) is 3.72. The topological polar surface area (TPSA) is 44.9 Å². The molecule has 1 aromatic heterocycles. The number of benzene rings is 1. The lowest BCUT2D eigenvalue weighted by Crippen LogP contribution is -2.24. The summed E-state index contributed by atoms with van der Waals surface area (Å²) in [5.74, 6) is 0.727. The van der Waals surface area contributed by atoms with E-state index in [1.807, 2.05) is 30.3 Å². The van der Waals surface area contributed by atoms with Gasteiger partial charge in [-0.2, -0.15) is 0 Å². The third kappa shape index (κ3) is 3.85. The second-order valence-corrected chi connectivity index (χ2v) is 5.42. The van der Waals surface area contributed by atoms with Crippen molar-refractivity contribution < 1.29 is 4.79 Å². The highest BCUT2D eigenvalue weighted by atomic mass is 16.1. The van der Waals surface area contributed by atoms with Crippen molar-refractivity contribution in [2.45, 2.75) is 33.1 Å². The van der Waals surface area contributed by atoms with Crippen LogP contribution in [0.2, 0.25) is 0 Å². The quantitative estimate of drug-likeness (QED) is 0.762. The van der Waals surface area contributed by atoms with Crippen molar-refractivity contribution in [3.63, 3.8) is 0 Å². The first-order valence-electron chi connectivity index (χ1n) is 7.03. The molecule has 0 saturated heterocycles. The predicted molar refractivity (Wildman–Crippen MR) is 79.3 cm³/mol. The highest BCUT2D eigenvalue weighted by Gasteiger charge is 2.08. The number of fused-ring (bicyclic) bond motifs is 1. The van der Waals surface area contributed by atoms with Gasteiger partial charge in [0.25, 0.3) is 5.91 Å². The van der Waals surface area contributed by atoms with Crippen molar-refractivity contribution in [3.05, 3.63) is 36.0 Å². The minimum Gasteiger partial charge on any atom is -0.351 e. The number of hydrogen-bond donors (Lipinski definition) is 2. The van der Waals surface area contributed by atoms with Crippen LogP contribution in [-0.4, -0.2) is 17.4 Å².